The third kappa shape index (κ3) is 4.05. The summed E-state index contributed by atoms with van der Waals surface area (Å²) in [7, 11) is 2.17. The molecule has 1 saturated heterocycles. The van der Waals surface area contributed by atoms with Crippen LogP contribution in [0.2, 0.25) is 0 Å². The number of benzene rings is 1. The summed E-state index contributed by atoms with van der Waals surface area (Å²) in [5.41, 5.74) is 1.13. The van der Waals surface area contributed by atoms with Gasteiger partial charge in [-0.15, -0.1) is 0 Å². The number of carbonyl (C=O) groups excluding carboxylic acids is 1. The quantitative estimate of drug-likeness (QED) is 0.804. The second-order valence-electron chi connectivity index (χ2n) is 7.85. The molecule has 3 nitrogen and oxygen atoms in total. The normalized spacial score (nSPS) is 22.7. The van der Waals surface area contributed by atoms with E-state index in [1.165, 1.54) is 31.4 Å². The minimum atomic E-state index is -0.221. The Morgan fingerprint density at radius 1 is 1.24 bits per heavy atom. The molecule has 0 aromatic heterocycles. The molecule has 1 heterocycles. The van der Waals surface area contributed by atoms with Crippen LogP contribution in [0.25, 0.3) is 0 Å². The zero-order valence-corrected chi connectivity index (χ0v) is 15.6. The summed E-state index contributed by atoms with van der Waals surface area (Å²) in [6.07, 6.45) is 8.43. The molecule has 1 aromatic rings. The van der Waals surface area contributed by atoms with Crippen molar-refractivity contribution < 1.29 is 9.18 Å². The van der Waals surface area contributed by atoms with Gasteiger partial charge < -0.3 is 9.80 Å². The zero-order valence-electron chi connectivity index (χ0n) is 15.6. The number of carbonyl (C=O) groups is 1. The van der Waals surface area contributed by atoms with Gasteiger partial charge in [0.05, 0.1) is 0 Å². The molecule has 0 N–H and O–H groups in total. The highest BCUT2D eigenvalue weighted by Crippen LogP contribution is 2.43. The van der Waals surface area contributed by atoms with Gasteiger partial charge in [-0.25, -0.2) is 4.39 Å². The van der Waals surface area contributed by atoms with Gasteiger partial charge in [0.2, 0.25) is 5.91 Å². The maximum absolute atomic E-state index is 13.0. The van der Waals surface area contributed by atoms with Crippen molar-refractivity contribution in [1.82, 2.24) is 9.80 Å². The minimum absolute atomic E-state index is 0.0895. The second-order valence-corrected chi connectivity index (χ2v) is 7.85. The van der Waals surface area contributed by atoms with Crippen molar-refractivity contribution in [2.24, 2.45) is 0 Å². The molecule has 0 radical (unpaired) electrons. The summed E-state index contributed by atoms with van der Waals surface area (Å²) in [6.45, 7) is 4.08. The molecule has 25 heavy (non-hydrogen) atoms. The number of nitrogens with zero attached hydrogens (tertiary/aromatic N) is 2. The number of aryl methyl sites for hydroxylation is 1. The van der Waals surface area contributed by atoms with E-state index in [2.05, 4.69) is 23.8 Å². The van der Waals surface area contributed by atoms with E-state index in [0.717, 1.165) is 37.9 Å². The van der Waals surface area contributed by atoms with E-state index in [1.807, 2.05) is 0 Å². The molecule has 1 saturated carbocycles. The lowest BCUT2D eigenvalue weighted by atomic mass is 9.79. The Balaban J connectivity index is 1.68. The predicted molar refractivity (Wildman–Crippen MR) is 99.0 cm³/mol. The smallest absolute Gasteiger partial charge is 0.223 e. The molecule has 0 bridgehead atoms. The first-order chi connectivity index (χ1) is 12.0. The number of halogens is 1. The Kier molecular flexibility index (Phi) is 5.78. The average Bonchev–Trinajstić information content (AvgIpc) is 2.99. The van der Waals surface area contributed by atoms with E-state index in [0.29, 0.717) is 18.9 Å². The fourth-order valence-electron chi connectivity index (χ4n) is 4.66. The number of hydrogen-bond acceptors (Lipinski definition) is 2. The molecule has 1 aliphatic carbocycles. The van der Waals surface area contributed by atoms with E-state index in [1.54, 1.807) is 12.1 Å². The molecule has 1 aromatic carbocycles. The van der Waals surface area contributed by atoms with E-state index < -0.39 is 0 Å². The minimum Gasteiger partial charge on any atom is -0.335 e. The molecule has 1 spiro atoms. The third-order valence-electron chi connectivity index (χ3n) is 6.33. The summed E-state index contributed by atoms with van der Waals surface area (Å²) in [4.78, 5) is 17.7. The van der Waals surface area contributed by atoms with Gasteiger partial charge in [0, 0.05) is 24.5 Å². The van der Waals surface area contributed by atoms with Crippen molar-refractivity contribution in [2.45, 2.75) is 69.9 Å². The van der Waals surface area contributed by atoms with Crippen LogP contribution >= 0.6 is 0 Å². The lowest BCUT2D eigenvalue weighted by molar-refractivity contribution is -0.136. The highest BCUT2D eigenvalue weighted by molar-refractivity contribution is 5.78. The van der Waals surface area contributed by atoms with Crippen LogP contribution in [0.4, 0.5) is 4.39 Å². The topological polar surface area (TPSA) is 23.6 Å². The molecule has 3 rings (SSSR count). The Morgan fingerprint density at radius 2 is 1.92 bits per heavy atom. The molecule has 1 aliphatic heterocycles. The number of hydrogen-bond donors (Lipinski definition) is 0. The summed E-state index contributed by atoms with van der Waals surface area (Å²) in [5.74, 6) is 0.0550. The Bertz CT molecular complexity index is 580. The van der Waals surface area contributed by atoms with E-state index in [-0.39, 0.29) is 17.3 Å². The lowest BCUT2D eigenvalue weighted by Crippen LogP contribution is -2.48. The van der Waals surface area contributed by atoms with Gasteiger partial charge in [-0.1, -0.05) is 38.3 Å². The van der Waals surface area contributed by atoms with Gasteiger partial charge in [0.25, 0.3) is 0 Å². The highest BCUT2D eigenvalue weighted by atomic mass is 19.1. The SMILES string of the molecule is CCN(C)C1CN(C(=O)CCc2ccc(F)cc2)C2(CCCCC2)C1. The Labute approximate surface area is 151 Å². The maximum atomic E-state index is 13.0. The Hall–Kier alpha value is -1.42. The first-order valence-corrected chi connectivity index (χ1v) is 9.79. The van der Waals surface area contributed by atoms with Crippen molar-refractivity contribution in [3.05, 3.63) is 35.6 Å². The number of rotatable bonds is 5. The largest absolute Gasteiger partial charge is 0.335 e. The van der Waals surface area contributed by atoms with Crippen molar-refractivity contribution in [1.29, 1.82) is 0 Å². The van der Waals surface area contributed by atoms with Crippen molar-refractivity contribution in [3.8, 4) is 0 Å². The summed E-state index contributed by atoms with van der Waals surface area (Å²) < 4.78 is 13.0. The van der Waals surface area contributed by atoms with Gasteiger partial charge >= 0.3 is 0 Å². The van der Waals surface area contributed by atoms with Gasteiger partial charge in [-0.2, -0.15) is 0 Å². The molecule has 2 fully saturated rings. The van der Waals surface area contributed by atoms with Gasteiger partial charge in [-0.05, 0) is 57.0 Å². The zero-order chi connectivity index (χ0) is 17.9. The first-order valence-electron chi connectivity index (χ1n) is 9.79. The predicted octanol–water partition coefficient (Wildman–Crippen LogP) is 4.01. The van der Waals surface area contributed by atoms with Gasteiger partial charge in [0.15, 0.2) is 0 Å². The van der Waals surface area contributed by atoms with Crippen LogP contribution < -0.4 is 0 Å². The molecule has 1 amide bonds. The number of likely N-dealkylation sites (tertiary alicyclic amines) is 1. The van der Waals surface area contributed by atoms with Crippen LogP contribution in [0, 0.1) is 5.82 Å². The van der Waals surface area contributed by atoms with Crippen LogP contribution in [0.3, 0.4) is 0 Å². The van der Waals surface area contributed by atoms with Crippen LogP contribution in [0.5, 0.6) is 0 Å². The summed E-state index contributed by atoms with van der Waals surface area (Å²) in [6, 6.07) is 7.01. The molecule has 138 valence electrons. The van der Waals surface area contributed by atoms with Crippen molar-refractivity contribution in [3.63, 3.8) is 0 Å². The molecule has 2 aliphatic rings. The molecular formula is C21H31FN2O. The van der Waals surface area contributed by atoms with E-state index in [4.69, 9.17) is 0 Å². The maximum Gasteiger partial charge on any atom is 0.223 e. The average molecular weight is 346 g/mol. The van der Waals surface area contributed by atoms with Crippen molar-refractivity contribution in [2.75, 3.05) is 20.1 Å². The van der Waals surface area contributed by atoms with Crippen LogP contribution in [-0.4, -0.2) is 47.4 Å². The van der Waals surface area contributed by atoms with Gasteiger partial charge in [0.1, 0.15) is 5.82 Å². The van der Waals surface area contributed by atoms with E-state index >= 15 is 0 Å². The molecule has 4 heteroatoms. The summed E-state index contributed by atoms with van der Waals surface area (Å²) >= 11 is 0. The monoisotopic (exact) mass is 346 g/mol. The first kappa shape index (κ1) is 18.4. The number of likely N-dealkylation sites (N-methyl/N-ethyl adjacent to an activating group) is 1. The van der Waals surface area contributed by atoms with E-state index in [9.17, 15) is 9.18 Å². The fourth-order valence-corrected chi connectivity index (χ4v) is 4.66. The van der Waals surface area contributed by atoms with Crippen LogP contribution in [-0.2, 0) is 11.2 Å². The van der Waals surface area contributed by atoms with Crippen LogP contribution in [0.1, 0.15) is 57.4 Å². The highest BCUT2D eigenvalue weighted by Gasteiger charge is 2.48. The molecular weight excluding hydrogens is 315 g/mol. The molecule has 1 atom stereocenters. The standard InChI is InChI=1S/C21H31FN2O/c1-3-23(2)19-15-21(13-5-4-6-14-21)24(16-19)20(25)12-9-17-7-10-18(22)11-8-17/h7-8,10-11,19H,3-6,9,12-16H2,1-2H3. The molecule has 1 unspecified atom stereocenters. The number of amides is 1. The summed E-state index contributed by atoms with van der Waals surface area (Å²) in [5, 5.41) is 0. The lowest BCUT2D eigenvalue weighted by Gasteiger charge is -2.41. The Morgan fingerprint density at radius 3 is 2.56 bits per heavy atom. The van der Waals surface area contributed by atoms with Crippen molar-refractivity contribution >= 4 is 5.91 Å². The van der Waals surface area contributed by atoms with Crippen LogP contribution in [0.15, 0.2) is 24.3 Å². The third-order valence-corrected chi connectivity index (χ3v) is 6.33. The second kappa shape index (κ2) is 7.86. The van der Waals surface area contributed by atoms with Gasteiger partial charge in [-0.3, -0.25) is 4.79 Å². The fraction of sp³-hybridized carbons (Fsp3) is 0.667.